The monoisotopic (exact) mass is 299 g/mol. The molecule has 1 amide bonds. The van der Waals surface area contributed by atoms with Gasteiger partial charge in [0.05, 0.1) is 5.25 Å². The highest BCUT2D eigenvalue weighted by Gasteiger charge is 2.13. The summed E-state index contributed by atoms with van der Waals surface area (Å²) in [5.74, 6) is 0.904. The van der Waals surface area contributed by atoms with Crippen LogP contribution in [-0.4, -0.2) is 11.2 Å². The molecular weight excluding hydrogens is 278 g/mol. The van der Waals surface area contributed by atoms with Gasteiger partial charge in [-0.3, -0.25) is 4.79 Å². The Kier molecular flexibility index (Phi) is 5.45. The summed E-state index contributed by atoms with van der Waals surface area (Å²) in [7, 11) is 0. The Hall–Kier alpha value is -1.74. The van der Waals surface area contributed by atoms with Gasteiger partial charge in [0.1, 0.15) is 0 Å². The maximum Gasteiger partial charge on any atom is 0.237 e. The number of hydrogen-bond donors (Lipinski definition) is 1. The second-order valence-corrected chi connectivity index (χ2v) is 6.56. The van der Waals surface area contributed by atoms with E-state index in [0.29, 0.717) is 0 Å². The lowest BCUT2D eigenvalue weighted by molar-refractivity contribution is -0.115. The first-order chi connectivity index (χ1) is 10.1. The van der Waals surface area contributed by atoms with E-state index >= 15 is 0 Å². The van der Waals surface area contributed by atoms with Crippen molar-refractivity contribution in [2.45, 2.75) is 31.8 Å². The number of nitrogens with one attached hydrogen (secondary N) is 1. The topological polar surface area (TPSA) is 29.1 Å². The van der Waals surface area contributed by atoms with Gasteiger partial charge in [-0.25, -0.2) is 0 Å². The Balaban J connectivity index is 1.89. The minimum atomic E-state index is -0.0770. The van der Waals surface area contributed by atoms with E-state index < -0.39 is 0 Å². The molecule has 1 unspecified atom stereocenters. The predicted molar refractivity (Wildman–Crippen MR) is 91.7 cm³/mol. The quantitative estimate of drug-likeness (QED) is 0.876. The highest BCUT2D eigenvalue weighted by Crippen LogP contribution is 2.20. The van der Waals surface area contributed by atoms with E-state index in [1.807, 2.05) is 43.3 Å². The molecule has 0 radical (unpaired) electrons. The molecule has 2 aromatic rings. The fourth-order valence-corrected chi connectivity index (χ4v) is 2.78. The van der Waals surface area contributed by atoms with Crippen LogP contribution in [-0.2, 0) is 10.5 Å². The molecule has 1 atom stereocenters. The largest absolute Gasteiger partial charge is 0.325 e. The van der Waals surface area contributed by atoms with Crippen LogP contribution in [0.15, 0.2) is 48.5 Å². The average molecular weight is 299 g/mol. The maximum absolute atomic E-state index is 12.2. The van der Waals surface area contributed by atoms with E-state index in [-0.39, 0.29) is 11.2 Å². The van der Waals surface area contributed by atoms with E-state index in [0.717, 1.165) is 11.4 Å². The van der Waals surface area contributed by atoms with Gasteiger partial charge < -0.3 is 5.32 Å². The van der Waals surface area contributed by atoms with Crippen LogP contribution in [0.1, 0.15) is 23.6 Å². The fourth-order valence-electron chi connectivity index (χ4n) is 1.93. The fraction of sp³-hybridized carbons (Fsp3) is 0.278. The molecule has 110 valence electrons. The van der Waals surface area contributed by atoms with Crippen molar-refractivity contribution in [1.29, 1.82) is 0 Å². The maximum atomic E-state index is 12.2. The van der Waals surface area contributed by atoms with Crippen molar-refractivity contribution >= 4 is 23.4 Å². The van der Waals surface area contributed by atoms with Crippen LogP contribution in [0.25, 0.3) is 0 Å². The number of carbonyl (C=O) groups is 1. The Labute approximate surface area is 131 Å². The molecule has 0 aliphatic carbocycles. The molecule has 0 spiro atoms. The molecule has 21 heavy (non-hydrogen) atoms. The average Bonchev–Trinajstić information content (AvgIpc) is 2.49. The number of amides is 1. The smallest absolute Gasteiger partial charge is 0.237 e. The molecule has 2 aromatic carbocycles. The number of thioether (sulfide) groups is 1. The SMILES string of the molecule is Cc1ccc(NC(=O)C(C)SCc2ccccc2)cc1C. The third-order valence-electron chi connectivity index (χ3n) is 3.49. The van der Waals surface area contributed by atoms with E-state index in [1.165, 1.54) is 16.7 Å². The van der Waals surface area contributed by atoms with Gasteiger partial charge in [0.2, 0.25) is 5.91 Å². The zero-order valence-corrected chi connectivity index (χ0v) is 13.5. The lowest BCUT2D eigenvalue weighted by Crippen LogP contribution is -2.22. The van der Waals surface area contributed by atoms with Crippen molar-refractivity contribution in [1.82, 2.24) is 0 Å². The zero-order chi connectivity index (χ0) is 15.2. The summed E-state index contributed by atoms with van der Waals surface area (Å²) < 4.78 is 0. The van der Waals surface area contributed by atoms with Crippen LogP contribution in [0.4, 0.5) is 5.69 Å². The van der Waals surface area contributed by atoms with Crippen molar-refractivity contribution in [3.05, 3.63) is 65.2 Å². The first kappa shape index (κ1) is 15.6. The Morgan fingerprint density at radius 1 is 1.10 bits per heavy atom. The molecule has 0 fully saturated rings. The summed E-state index contributed by atoms with van der Waals surface area (Å²) in [5.41, 5.74) is 4.54. The standard InChI is InChI=1S/C18H21NOS/c1-13-9-10-17(11-14(13)2)19-18(20)15(3)21-12-16-7-5-4-6-8-16/h4-11,15H,12H2,1-3H3,(H,19,20). The van der Waals surface area contributed by atoms with Crippen LogP contribution in [0.3, 0.4) is 0 Å². The van der Waals surface area contributed by atoms with Gasteiger partial charge in [-0.15, -0.1) is 11.8 Å². The molecule has 1 N–H and O–H groups in total. The van der Waals surface area contributed by atoms with Gasteiger partial charge in [0, 0.05) is 11.4 Å². The van der Waals surface area contributed by atoms with Gasteiger partial charge in [-0.05, 0) is 49.6 Å². The lowest BCUT2D eigenvalue weighted by atomic mass is 10.1. The van der Waals surface area contributed by atoms with Crippen molar-refractivity contribution < 1.29 is 4.79 Å². The Morgan fingerprint density at radius 2 is 1.81 bits per heavy atom. The summed E-state index contributed by atoms with van der Waals surface area (Å²) in [4.78, 5) is 12.2. The Bertz CT molecular complexity index is 610. The number of anilines is 1. The first-order valence-electron chi connectivity index (χ1n) is 7.10. The van der Waals surface area contributed by atoms with Crippen molar-refractivity contribution in [3.63, 3.8) is 0 Å². The number of rotatable bonds is 5. The summed E-state index contributed by atoms with van der Waals surface area (Å²) in [6, 6.07) is 16.2. The van der Waals surface area contributed by atoms with Gasteiger partial charge in [-0.2, -0.15) is 0 Å². The van der Waals surface area contributed by atoms with Gasteiger partial charge >= 0.3 is 0 Å². The number of carbonyl (C=O) groups excluding carboxylic acids is 1. The molecule has 0 aliphatic heterocycles. The molecular formula is C18H21NOS. The van der Waals surface area contributed by atoms with Crippen LogP contribution in [0.5, 0.6) is 0 Å². The highest BCUT2D eigenvalue weighted by atomic mass is 32.2. The van der Waals surface area contributed by atoms with E-state index in [4.69, 9.17) is 0 Å². The molecule has 0 bridgehead atoms. The highest BCUT2D eigenvalue weighted by molar-refractivity contribution is 7.99. The molecule has 0 saturated carbocycles. The number of benzene rings is 2. The van der Waals surface area contributed by atoms with Crippen LogP contribution < -0.4 is 5.32 Å². The number of aryl methyl sites for hydroxylation is 2. The second kappa shape index (κ2) is 7.32. The summed E-state index contributed by atoms with van der Waals surface area (Å²) in [6.45, 7) is 6.07. The molecule has 0 heterocycles. The Morgan fingerprint density at radius 3 is 2.48 bits per heavy atom. The third kappa shape index (κ3) is 4.64. The summed E-state index contributed by atoms with van der Waals surface area (Å²) >= 11 is 1.65. The summed E-state index contributed by atoms with van der Waals surface area (Å²) in [6.07, 6.45) is 0. The van der Waals surface area contributed by atoms with Gasteiger partial charge in [-0.1, -0.05) is 36.4 Å². The van der Waals surface area contributed by atoms with Crippen molar-refractivity contribution in [2.24, 2.45) is 0 Å². The third-order valence-corrected chi connectivity index (χ3v) is 4.70. The minimum Gasteiger partial charge on any atom is -0.325 e. The molecule has 2 nitrogen and oxygen atoms in total. The normalized spacial score (nSPS) is 12.0. The van der Waals surface area contributed by atoms with Crippen LogP contribution in [0.2, 0.25) is 0 Å². The van der Waals surface area contributed by atoms with Crippen molar-refractivity contribution in [3.8, 4) is 0 Å². The predicted octanol–water partition coefficient (Wildman–Crippen LogP) is 4.56. The molecule has 0 saturated heterocycles. The zero-order valence-electron chi connectivity index (χ0n) is 12.7. The summed E-state index contributed by atoms with van der Waals surface area (Å²) in [5, 5.41) is 2.91. The second-order valence-electron chi connectivity index (χ2n) is 5.23. The minimum absolute atomic E-state index is 0.0548. The molecule has 0 aliphatic rings. The van der Waals surface area contributed by atoms with Gasteiger partial charge in [0.25, 0.3) is 0 Å². The number of hydrogen-bond acceptors (Lipinski definition) is 2. The molecule has 2 rings (SSSR count). The van der Waals surface area contributed by atoms with Gasteiger partial charge in [0.15, 0.2) is 0 Å². The molecule has 3 heteroatoms. The lowest BCUT2D eigenvalue weighted by Gasteiger charge is -2.13. The van der Waals surface area contributed by atoms with E-state index in [1.54, 1.807) is 11.8 Å². The molecule has 0 aromatic heterocycles. The van der Waals surface area contributed by atoms with Crippen molar-refractivity contribution in [2.75, 3.05) is 5.32 Å². The van der Waals surface area contributed by atoms with E-state index in [9.17, 15) is 4.79 Å². The van der Waals surface area contributed by atoms with Crippen LogP contribution >= 0.6 is 11.8 Å². The van der Waals surface area contributed by atoms with Crippen LogP contribution in [0, 0.1) is 13.8 Å². The van der Waals surface area contributed by atoms with E-state index in [2.05, 4.69) is 31.3 Å². The first-order valence-corrected chi connectivity index (χ1v) is 8.15.